The van der Waals surface area contributed by atoms with E-state index in [1.54, 1.807) is 14.2 Å². The zero-order chi connectivity index (χ0) is 27.1. The highest BCUT2D eigenvalue weighted by molar-refractivity contribution is 6.11. The van der Waals surface area contributed by atoms with Crippen molar-refractivity contribution in [2.45, 2.75) is 13.1 Å². The van der Waals surface area contributed by atoms with Crippen LogP contribution in [0.15, 0.2) is 97.6 Å². The van der Waals surface area contributed by atoms with E-state index >= 15 is 0 Å². The first kappa shape index (κ1) is 26.7. The highest BCUT2D eigenvalue weighted by Gasteiger charge is 2.20. The summed E-state index contributed by atoms with van der Waals surface area (Å²) in [4.78, 5) is 21.1. The van der Waals surface area contributed by atoms with Gasteiger partial charge in [-0.2, -0.15) is 0 Å². The molecule has 1 heterocycles. The molecule has 0 fully saturated rings. The van der Waals surface area contributed by atoms with Crippen molar-refractivity contribution in [2.75, 3.05) is 34.4 Å². The van der Waals surface area contributed by atoms with Crippen LogP contribution in [-0.4, -0.2) is 64.7 Å². The third-order valence-electron chi connectivity index (χ3n) is 6.52. The van der Waals surface area contributed by atoms with E-state index in [2.05, 4.69) is 34.3 Å². The van der Waals surface area contributed by atoms with Gasteiger partial charge in [-0.15, -0.1) is 0 Å². The van der Waals surface area contributed by atoms with Crippen molar-refractivity contribution < 1.29 is 14.6 Å². The highest BCUT2D eigenvalue weighted by Crippen LogP contribution is 2.31. The van der Waals surface area contributed by atoms with Crippen LogP contribution in [0.1, 0.15) is 16.8 Å². The van der Waals surface area contributed by atoms with Crippen LogP contribution in [0.25, 0.3) is 16.3 Å². The first-order chi connectivity index (χ1) is 18.4. The minimum absolute atomic E-state index is 0.110. The Labute approximate surface area is 223 Å². The largest absolute Gasteiger partial charge is 0.497 e. The maximum absolute atomic E-state index is 13.2. The summed E-state index contributed by atoms with van der Waals surface area (Å²) in [5.74, 6) is 0.598. The lowest BCUT2D eigenvalue weighted by molar-refractivity contribution is -0.125. The summed E-state index contributed by atoms with van der Waals surface area (Å²) >= 11 is 0. The first-order valence-electron chi connectivity index (χ1n) is 12.5. The van der Waals surface area contributed by atoms with Crippen LogP contribution in [0, 0.1) is 0 Å². The van der Waals surface area contributed by atoms with Gasteiger partial charge in [0.25, 0.3) is 5.91 Å². The average molecular weight is 511 g/mol. The smallest absolute Gasteiger partial charge is 0.253 e. The van der Waals surface area contributed by atoms with Gasteiger partial charge in [0.05, 0.1) is 32.3 Å². The van der Waals surface area contributed by atoms with E-state index in [1.165, 1.54) is 4.90 Å². The first-order valence-corrected chi connectivity index (χ1v) is 12.5. The molecule has 7 heteroatoms. The summed E-state index contributed by atoms with van der Waals surface area (Å²) in [5.41, 5.74) is 4.21. The van der Waals surface area contributed by atoms with Crippen molar-refractivity contribution in [3.63, 3.8) is 0 Å². The second-order valence-electron chi connectivity index (χ2n) is 9.27. The van der Waals surface area contributed by atoms with Gasteiger partial charge in [-0.3, -0.25) is 4.79 Å². The maximum Gasteiger partial charge on any atom is 0.253 e. The van der Waals surface area contributed by atoms with Gasteiger partial charge in [-0.05, 0) is 34.0 Å². The molecular formula is C31H34N4O3. The molecule has 3 aromatic carbocycles. The lowest BCUT2D eigenvalue weighted by Gasteiger charge is -2.23. The van der Waals surface area contributed by atoms with Gasteiger partial charge in [0.15, 0.2) is 0 Å². The number of rotatable bonds is 11. The van der Waals surface area contributed by atoms with Crippen LogP contribution in [0.2, 0.25) is 0 Å². The van der Waals surface area contributed by atoms with Gasteiger partial charge in [0.1, 0.15) is 5.75 Å². The van der Waals surface area contributed by atoms with Crippen molar-refractivity contribution in [3.05, 3.63) is 114 Å². The number of imidazole rings is 1. The molecule has 0 unspecified atom stereocenters. The average Bonchev–Trinajstić information content (AvgIpc) is 3.37. The standard InChI is InChI=1S/C31H34N4O3/c1-23(31(37)34(3)16-17-36)30(29-11-7-9-25-8-5-6-10-28(25)29)21-33(2)20-26-18-32-22-35(26)19-24-12-14-27(38-4)15-13-24/h5-15,18,21-22,36H,1,16-17,19-20H2,2-4H3/b30-21+. The van der Waals surface area contributed by atoms with Gasteiger partial charge in [0, 0.05) is 50.7 Å². The van der Waals surface area contributed by atoms with Crippen LogP contribution in [-0.2, 0) is 17.9 Å². The van der Waals surface area contributed by atoms with E-state index < -0.39 is 0 Å². The lowest BCUT2D eigenvalue weighted by atomic mass is 9.93. The van der Waals surface area contributed by atoms with Crippen molar-refractivity contribution in [3.8, 4) is 5.75 Å². The normalized spacial score (nSPS) is 11.4. The van der Waals surface area contributed by atoms with E-state index in [1.807, 2.05) is 79.2 Å². The van der Waals surface area contributed by atoms with E-state index in [-0.39, 0.29) is 19.1 Å². The monoisotopic (exact) mass is 510 g/mol. The summed E-state index contributed by atoms with van der Waals surface area (Å²) in [6, 6.07) is 22.2. The predicted molar refractivity (Wildman–Crippen MR) is 152 cm³/mol. The molecule has 4 aromatic rings. The maximum atomic E-state index is 13.2. The molecule has 0 saturated carbocycles. The molecule has 0 bridgehead atoms. The number of hydrogen-bond donors (Lipinski definition) is 1. The summed E-state index contributed by atoms with van der Waals surface area (Å²) in [6.07, 6.45) is 5.66. The molecule has 4 rings (SSSR count). The number of carbonyl (C=O) groups excluding carboxylic acids is 1. The second kappa shape index (κ2) is 12.3. The number of hydrogen-bond acceptors (Lipinski definition) is 5. The molecule has 0 aliphatic carbocycles. The molecular weight excluding hydrogens is 476 g/mol. The Morgan fingerprint density at radius 3 is 2.55 bits per heavy atom. The summed E-state index contributed by atoms with van der Waals surface area (Å²) in [7, 11) is 5.31. The molecule has 0 aliphatic heterocycles. The van der Waals surface area contributed by atoms with Gasteiger partial charge in [-0.1, -0.05) is 61.2 Å². The third kappa shape index (κ3) is 6.12. The van der Waals surface area contributed by atoms with E-state index in [4.69, 9.17) is 4.74 Å². The quantitative estimate of drug-likeness (QED) is 0.236. The van der Waals surface area contributed by atoms with Gasteiger partial charge >= 0.3 is 0 Å². The van der Waals surface area contributed by atoms with Crippen LogP contribution in [0.4, 0.5) is 0 Å². The number of carbonyl (C=O) groups is 1. The minimum Gasteiger partial charge on any atom is -0.497 e. The van der Waals surface area contributed by atoms with Crippen molar-refractivity contribution in [2.24, 2.45) is 0 Å². The number of amides is 1. The molecule has 38 heavy (non-hydrogen) atoms. The fourth-order valence-electron chi connectivity index (χ4n) is 4.44. The number of aromatic nitrogens is 2. The van der Waals surface area contributed by atoms with Crippen LogP contribution in [0.5, 0.6) is 5.75 Å². The Morgan fingerprint density at radius 1 is 1.08 bits per heavy atom. The fourth-order valence-corrected chi connectivity index (χ4v) is 4.44. The van der Waals surface area contributed by atoms with Crippen molar-refractivity contribution in [1.29, 1.82) is 0 Å². The Kier molecular flexibility index (Phi) is 8.61. The minimum atomic E-state index is -0.226. The van der Waals surface area contributed by atoms with E-state index in [9.17, 15) is 9.90 Å². The Balaban J connectivity index is 1.65. The molecule has 0 aliphatic rings. The molecule has 0 radical (unpaired) electrons. The van der Waals surface area contributed by atoms with Crippen molar-refractivity contribution in [1.82, 2.24) is 19.4 Å². The van der Waals surface area contributed by atoms with Crippen molar-refractivity contribution >= 4 is 22.3 Å². The molecule has 1 N–H and O–H groups in total. The summed E-state index contributed by atoms with van der Waals surface area (Å²) < 4.78 is 7.38. The Morgan fingerprint density at radius 2 is 1.82 bits per heavy atom. The van der Waals surface area contributed by atoms with E-state index in [0.29, 0.717) is 18.7 Å². The lowest BCUT2D eigenvalue weighted by Crippen LogP contribution is -2.31. The Bertz CT molecular complexity index is 1430. The molecule has 196 valence electrons. The highest BCUT2D eigenvalue weighted by atomic mass is 16.5. The summed E-state index contributed by atoms with van der Waals surface area (Å²) in [5, 5.41) is 11.5. The number of ether oxygens (including phenoxy) is 1. The van der Waals surface area contributed by atoms with Gasteiger partial charge in [0.2, 0.25) is 0 Å². The van der Waals surface area contributed by atoms with E-state index in [0.717, 1.165) is 38.9 Å². The molecule has 0 saturated heterocycles. The topological polar surface area (TPSA) is 70.8 Å². The molecule has 1 amide bonds. The van der Waals surface area contributed by atoms with Gasteiger partial charge in [-0.25, -0.2) is 4.98 Å². The molecule has 1 aromatic heterocycles. The number of aliphatic hydroxyl groups is 1. The van der Waals surface area contributed by atoms with Gasteiger partial charge < -0.3 is 24.2 Å². The second-order valence-corrected chi connectivity index (χ2v) is 9.27. The van der Waals surface area contributed by atoms with Crippen LogP contribution in [0.3, 0.4) is 0 Å². The Hall–Kier alpha value is -4.36. The zero-order valence-corrected chi connectivity index (χ0v) is 22.2. The summed E-state index contributed by atoms with van der Waals surface area (Å²) in [6.45, 7) is 5.58. The number of nitrogens with zero attached hydrogens (tertiary/aromatic N) is 4. The van der Waals surface area contributed by atoms with Crippen LogP contribution < -0.4 is 4.74 Å². The fraction of sp³-hybridized carbons (Fsp3) is 0.226. The molecule has 7 nitrogen and oxygen atoms in total. The number of methoxy groups -OCH3 is 1. The molecule has 0 atom stereocenters. The predicted octanol–water partition coefficient (Wildman–Crippen LogP) is 4.57. The molecule has 0 spiro atoms. The SMILES string of the molecule is C=C(C(=O)N(C)CCO)/C(=C\N(C)Cc1cncn1Cc1ccc(OC)cc1)c1cccc2ccccc12. The number of fused-ring (bicyclic) bond motifs is 1. The number of benzene rings is 3. The number of aliphatic hydroxyl groups excluding tert-OH is 1. The van der Waals surface area contributed by atoms with Crippen LogP contribution >= 0.6 is 0 Å². The number of likely N-dealkylation sites (N-methyl/N-ethyl adjacent to an activating group) is 1. The zero-order valence-electron chi connectivity index (χ0n) is 22.2. The third-order valence-corrected chi connectivity index (χ3v) is 6.52.